The van der Waals surface area contributed by atoms with E-state index < -0.39 is 18.1 Å². The smallest absolute Gasteiger partial charge is 0.407 e. The van der Waals surface area contributed by atoms with E-state index in [0.29, 0.717) is 46.1 Å². The van der Waals surface area contributed by atoms with Gasteiger partial charge in [0.2, 0.25) is 0 Å². The molecule has 0 rings (SSSR count). The highest BCUT2D eigenvalue weighted by atomic mass is 16.6. The maximum absolute atomic E-state index is 11.5. The molecule has 0 aromatic heterocycles. The Labute approximate surface area is 148 Å². The second-order valence-corrected chi connectivity index (χ2v) is 5.63. The SMILES string of the molecule is COCCOCCOCCOCCOC(=O)NC(CC(C)C)C(=O)O. The van der Waals surface area contributed by atoms with Gasteiger partial charge in [0.05, 0.1) is 46.2 Å². The third-order valence-electron chi connectivity index (χ3n) is 2.93. The van der Waals surface area contributed by atoms with E-state index >= 15 is 0 Å². The Balaban J connectivity index is 3.49. The minimum atomic E-state index is -1.08. The highest BCUT2D eigenvalue weighted by molar-refractivity contribution is 5.79. The summed E-state index contributed by atoms with van der Waals surface area (Å²) in [6.07, 6.45) is -0.422. The average Bonchev–Trinajstić information content (AvgIpc) is 2.54. The van der Waals surface area contributed by atoms with Crippen molar-refractivity contribution in [3.8, 4) is 0 Å². The van der Waals surface area contributed by atoms with Crippen LogP contribution in [0.4, 0.5) is 4.79 Å². The molecule has 2 N–H and O–H groups in total. The van der Waals surface area contributed by atoms with Gasteiger partial charge in [-0.2, -0.15) is 0 Å². The minimum absolute atomic E-state index is 0.0416. The first-order valence-electron chi connectivity index (χ1n) is 8.35. The number of carbonyl (C=O) groups is 2. The van der Waals surface area contributed by atoms with Crippen molar-refractivity contribution in [3.05, 3.63) is 0 Å². The second-order valence-electron chi connectivity index (χ2n) is 5.63. The average molecular weight is 365 g/mol. The fourth-order valence-electron chi connectivity index (χ4n) is 1.75. The van der Waals surface area contributed by atoms with Gasteiger partial charge in [-0.1, -0.05) is 13.8 Å². The van der Waals surface area contributed by atoms with Crippen molar-refractivity contribution in [2.45, 2.75) is 26.3 Å². The molecule has 1 amide bonds. The lowest BCUT2D eigenvalue weighted by molar-refractivity contribution is -0.139. The number of hydrogen-bond acceptors (Lipinski definition) is 7. The molecule has 9 nitrogen and oxygen atoms in total. The van der Waals surface area contributed by atoms with Gasteiger partial charge in [0, 0.05) is 7.11 Å². The van der Waals surface area contributed by atoms with Crippen LogP contribution in [0.5, 0.6) is 0 Å². The number of carbonyl (C=O) groups excluding carboxylic acids is 1. The summed E-state index contributed by atoms with van der Waals surface area (Å²) < 4.78 is 25.5. The lowest BCUT2D eigenvalue weighted by atomic mass is 10.0. The number of aliphatic carboxylic acids is 1. The van der Waals surface area contributed by atoms with Gasteiger partial charge in [0.15, 0.2) is 0 Å². The maximum Gasteiger partial charge on any atom is 0.407 e. The molecule has 0 saturated carbocycles. The highest BCUT2D eigenvalue weighted by Gasteiger charge is 2.21. The predicted octanol–water partition coefficient (Wildman–Crippen LogP) is 0.908. The monoisotopic (exact) mass is 365 g/mol. The van der Waals surface area contributed by atoms with Crippen molar-refractivity contribution in [2.24, 2.45) is 5.92 Å². The topological polar surface area (TPSA) is 113 Å². The molecular formula is C16H31NO8. The molecule has 1 atom stereocenters. The summed E-state index contributed by atoms with van der Waals surface area (Å²) in [5, 5.41) is 11.3. The summed E-state index contributed by atoms with van der Waals surface area (Å²) in [6, 6.07) is -0.951. The molecule has 0 bridgehead atoms. The fraction of sp³-hybridized carbons (Fsp3) is 0.875. The van der Waals surface area contributed by atoms with Crippen molar-refractivity contribution in [3.63, 3.8) is 0 Å². The number of amides is 1. The van der Waals surface area contributed by atoms with E-state index in [-0.39, 0.29) is 19.1 Å². The summed E-state index contributed by atoms with van der Waals surface area (Å²) in [7, 11) is 1.61. The zero-order chi connectivity index (χ0) is 18.9. The van der Waals surface area contributed by atoms with E-state index in [9.17, 15) is 9.59 Å². The summed E-state index contributed by atoms with van der Waals surface area (Å²) in [4.78, 5) is 22.5. The third kappa shape index (κ3) is 15.8. The quantitative estimate of drug-likeness (QED) is 0.388. The molecule has 9 heteroatoms. The number of methoxy groups -OCH3 is 1. The number of ether oxygens (including phenoxy) is 5. The van der Waals surface area contributed by atoms with Crippen LogP contribution in [0.15, 0.2) is 0 Å². The summed E-state index contributed by atoms with van der Waals surface area (Å²) in [5.41, 5.74) is 0. The van der Waals surface area contributed by atoms with Gasteiger partial charge in [0.25, 0.3) is 0 Å². The zero-order valence-corrected chi connectivity index (χ0v) is 15.3. The molecule has 0 saturated heterocycles. The molecule has 0 aliphatic heterocycles. The van der Waals surface area contributed by atoms with Gasteiger partial charge < -0.3 is 34.1 Å². The van der Waals surface area contributed by atoms with Gasteiger partial charge >= 0.3 is 12.1 Å². The van der Waals surface area contributed by atoms with Crippen LogP contribution < -0.4 is 5.32 Å². The first-order valence-corrected chi connectivity index (χ1v) is 8.35. The summed E-state index contributed by atoms with van der Waals surface area (Å²) in [6.45, 7) is 6.85. The fourth-order valence-corrected chi connectivity index (χ4v) is 1.75. The van der Waals surface area contributed by atoms with Crippen LogP contribution in [0, 0.1) is 5.92 Å². The van der Waals surface area contributed by atoms with E-state index in [1.165, 1.54) is 0 Å². The van der Waals surface area contributed by atoms with Crippen molar-refractivity contribution in [1.82, 2.24) is 5.32 Å². The van der Waals surface area contributed by atoms with Crippen molar-refractivity contribution < 1.29 is 38.4 Å². The van der Waals surface area contributed by atoms with Crippen molar-refractivity contribution in [1.29, 1.82) is 0 Å². The molecule has 0 aromatic carbocycles. The van der Waals surface area contributed by atoms with E-state index in [1.54, 1.807) is 7.11 Å². The first-order chi connectivity index (χ1) is 12.0. The molecule has 0 aliphatic rings. The number of carboxylic acids is 1. The molecule has 148 valence electrons. The molecule has 0 aliphatic carbocycles. The predicted molar refractivity (Wildman–Crippen MR) is 89.7 cm³/mol. The molecule has 0 spiro atoms. The molecule has 0 heterocycles. The van der Waals surface area contributed by atoms with Crippen LogP contribution in [-0.2, 0) is 28.5 Å². The minimum Gasteiger partial charge on any atom is -0.480 e. The second kappa shape index (κ2) is 16.1. The number of nitrogens with one attached hydrogen (secondary N) is 1. The van der Waals surface area contributed by atoms with Crippen LogP contribution in [0.3, 0.4) is 0 Å². The largest absolute Gasteiger partial charge is 0.480 e. The van der Waals surface area contributed by atoms with Crippen LogP contribution in [0.25, 0.3) is 0 Å². The molecule has 0 fully saturated rings. The maximum atomic E-state index is 11.5. The Morgan fingerprint density at radius 1 is 0.880 bits per heavy atom. The number of rotatable bonds is 16. The molecule has 1 unspecified atom stereocenters. The zero-order valence-electron chi connectivity index (χ0n) is 15.3. The van der Waals surface area contributed by atoms with Crippen molar-refractivity contribution in [2.75, 3.05) is 60.0 Å². The lowest BCUT2D eigenvalue weighted by Gasteiger charge is -2.16. The third-order valence-corrected chi connectivity index (χ3v) is 2.93. The van der Waals surface area contributed by atoms with Gasteiger partial charge in [-0.3, -0.25) is 0 Å². The lowest BCUT2D eigenvalue weighted by Crippen LogP contribution is -2.42. The Morgan fingerprint density at radius 2 is 1.36 bits per heavy atom. The van der Waals surface area contributed by atoms with E-state index in [2.05, 4.69) is 5.32 Å². The highest BCUT2D eigenvalue weighted by Crippen LogP contribution is 2.05. The number of carboxylic acid groups (broad SMARTS) is 1. The molecular weight excluding hydrogens is 334 g/mol. The number of hydrogen-bond donors (Lipinski definition) is 2. The standard InChI is InChI=1S/C16H31NO8/c1-13(2)12-14(15(18)19)17-16(20)25-11-10-24-9-8-23-7-6-22-5-4-21-3/h13-14H,4-12H2,1-3H3,(H,17,20)(H,18,19). The van der Waals surface area contributed by atoms with Crippen LogP contribution in [-0.4, -0.2) is 83.2 Å². The van der Waals surface area contributed by atoms with Gasteiger partial charge in [0.1, 0.15) is 12.6 Å². The Morgan fingerprint density at radius 3 is 1.80 bits per heavy atom. The Kier molecular flexibility index (Phi) is 15.2. The van der Waals surface area contributed by atoms with Crippen LogP contribution >= 0.6 is 0 Å². The van der Waals surface area contributed by atoms with Gasteiger partial charge in [-0.15, -0.1) is 0 Å². The molecule has 0 radical (unpaired) electrons. The summed E-state index contributed by atoms with van der Waals surface area (Å²) >= 11 is 0. The number of alkyl carbamates (subject to hydrolysis) is 1. The van der Waals surface area contributed by atoms with Crippen LogP contribution in [0.1, 0.15) is 20.3 Å². The van der Waals surface area contributed by atoms with Gasteiger partial charge in [-0.25, -0.2) is 9.59 Å². The molecule has 25 heavy (non-hydrogen) atoms. The Hall–Kier alpha value is -1.42. The van der Waals surface area contributed by atoms with E-state index in [0.717, 1.165) is 0 Å². The normalized spacial score (nSPS) is 12.2. The Bertz CT molecular complexity index is 351. The van der Waals surface area contributed by atoms with Crippen molar-refractivity contribution >= 4 is 12.1 Å². The van der Waals surface area contributed by atoms with E-state index in [1.807, 2.05) is 13.8 Å². The van der Waals surface area contributed by atoms with E-state index in [4.69, 9.17) is 28.8 Å². The van der Waals surface area contributed by atoms with Gasteiger partial charge in [-0.05, 0) is 12.3 Å². The first kappa shape index (κ1) is 23.6. The summed E-state index contributed by atoms with van der Waals surface area (Å²) in [5.74, 6) is -0.930. The molecule has 0 aromatic rings. The van der Waals surface area contributed by atoms with Crippen LogP contribution in [0.2, 0.25) is 0 Å².